The zero-order chi connectivity index (χ0) is 35.9. The van der Waals surface area contributed by atoms with Crippen LogP contribution in [0.2, 0.25) is 0 Å². The average Bonchev–Trinajstić information content (AvgIpc) is 3.51. The molecule has 1 aromatic heterocycles. The van der Waals surface area contributed by atoms with E-state index in [4.69, 9.17) is 13.9 Å². The minimum absolute atomic E-state index is 0.0455. The molecule has 50 heavy (non-hydrogen) atoms. The Morgan fingerprint density at radius 1 is 0.980 bits per heavy atom. The molecule has 0 saturated carbocycles. The topological polar surface area (TPSA) is 127 Å². The van der Waals surface area contributed by atoms with Gasteiger partial charge in [0.25, 0.3) is 5.56 Å². The van der Waals surface area contributed by atoms with Crippen molar-refractivity contribution >= 4 is 20.4 Å². The molecule has 0 amide bonds. The van der Waals surface area contributed by atoms with Crippen LogP contribution < -0.4 is 11.2 Å². The quantitative estimate of drug-likeness (QED) is 0.0587. The highest BCUT2D eigenvalue weighted by molar-refractivity contribution is 8.00. The number of nitrogens with one attached hydrogen (secondary N) is 1. The lowest BCUT2D eigenvalue weighted by Gasteiger charge is -2.42. The standard InChI is InChI=1S/C38H45N4O6PS/c1-27(2)42(28(3)4,23-15-22-39)48-49(45)47-33-24-35(41-25-29(5)36(43)40-37(41)44)46-34(33)26-50-38(30-16-9-6-10-17-30,31-18-11-7-12-19-31)32-20-13-8-14-21-32/h6-14,16-21,25,27-28,33-35,45H,15,23-24,26H2,1-5H3/p+1/t33-,34+,35+,49-/m0/s1. The van der Waals surface area contributed by atoms with E-state index in [0.717, 1.165) is 16.7 Å². The minimum Gasteiger partial charge on any atom is -0.351 e. The van der Waals surface area contributed by atoms with Gasteiger partial charge in [0.1, 0.15) is 24.9 Å². The number of nitriles is 1. The number of aromatic nitrogens is 2. The molecule has 1 saturated heterocycles. The smallest absolute Gasteiger partial charge is 0.351 e. The third-order valence-electron chi connectivity index (χ3n) is 9.41. The van der Waals surface area contributed by atoms with E-state index < -0.39 is 43.0 Å². The molecule has 3 aromatic carbocycles. The van der Waals surface area contributed by atoms with E-state index in [2.05, 4.69) is 47.5 Å². The van der Waals surface area contributed by atoms with Crippen LogP contribution >= 0.6 is 20.4 Å². The van der Waals surface area contributed by atoms with Gasteiger partial charge in [0, 0.05) is 23.9 Å². The number of nitrogens with zero attached hydrogens (tertiary/aromatic N) is 3. The number of H-pyrrole nitrogens is 1. The highest BCUT2D eigenvalue weighted by Gasteiger charge is 2.46. The Kier molecular flexibility index (Phi) is 12.5. The van der Waals surface area contributed by atoms with Crippen LogP contribution in [0.25, 0.3) is 0 Å². The summed E-state index contributed by atoms with van der Waals surface area (Å²) in [5, 5.41) is 9.39. The highest BCUT2D eigenvalue weighted by Crippen LogP contribution is 2.51. The van der Waals surface area contributed by atoms with Gasteiger partial charge in [-0.2, -0.15) is 9.91 Å². The predicted octanol–water partition coefficient (Wildman–Crippen LogP) is 6.94. The molecule has 12 heteroatoms. The molecule has 264 valence electrons. The summed E-state index contributed by atoms with van der Waals surface area (Å²) >= 11 is 1.69. The van der Waals surface area contributed by atoms with Crippen molar-refractivity contribution in [1.82, 2.24) is 9.55 Å². The van der Waals surface area contributed by atoms with E-state index in [9.17, 15) is 19.7 Å². The summed E-state index contributed by atoms with van der Waals surface area (Å²) in [7, 11) is -2.44. The maximum absolute atomic E-state index is 13.0. The van der Waals surface area contributed by atoms with Gasteiger partial charge in [-0.15, -0.1) is 16.4 Å². The molecular formula is C38H46N4O6PS+. The number of benzene rings is 3. The summed E-state index contributed by atoms with van der Waals surface area (Å²) in [4.78, 5) is 39.1. The SMILES string of the molecule is Cc1cn([C@H]2C[C@H](O[P@](O)O[N+](CCC#N)(C(C)C)C(C)C)[C@@H](CSC(c3ccccc3)(c3ccccc3)c3ccccc3)O2)c(=O)[nH]c1=O. The summed E-state index contributed by atoms with van der Waals surface area (Å²) in [6.07, 6.45) is -0.0254. The maximum atomic E-state index is 13.0. The first-order chi connectivity index (χ1) is 24.0. The Balaban J connectivity index is 1.52. The first-order valence-corrected chi connectivity index (χ1v) is 19.0. The molecule has 0 spiro atoms. The second-order valence-corrected chi connectivity index (χ2v) is 15.2. The Morgan fingerprint density at radius 3 is 1.98 bits per heavy atom. The molecule has 0 radical (unpaired) electrons. The summed E-state index contributed by atoms with van der Waals surface area (Å²) in [5.74, 6) is 0.420. The first kappa shape index (κ1) is 37.7. The summed E-state index contributed by atoms with van der Waals surface area (Å²) < 4.78 is 20.1. The molecule has 0 bridgehead atoms. The van der Waals surface area contributed by atoms with Crippen LogP contribution in [0.3, 0.4) is 0 Å². The zero-order valence-electron chi connectivity index (χ0n) is 29.1. The van der Waals surface area contributed by atoms with Crippen molar-refractivity contribution in [3.63, 3.8) is 0 Å². The molecule has 0 aliphatic carbocycles. The van der Waals surface area contributed by atoms with Crippen LogP contribution in [0.15, 0.2) is 107 Å². The van der Waals surface area contributed by atoms with Gasteiger partial charge in [-0.3, -0.25) is 14.3 Å². The van der Waals surface area contributed by atoms with E-state index in [0.29, 0.717) is 17.9 Å². The molecule has 2 N–H and O–H groups in total. The highest BCUT2D eigenvalue weighted by atomic mass is 32.2. The van der Waals surface area contributed by atoms with E-state index >= 15 is 0 Å². The van der Waals surface area contributed by atoms with Gasteiger partial charge in [-0.25, -0.2) is 4.79 Å². The molecule has 1 fully saturated rings. The van der Waals surface area contributed by atoms with Crippen LogP contribution in [0.4, 0.5) is 0 Å². The number of rotatable bonds is 15. The van der Waals surface area contributed by atoms with E-state index in [1.54, 1.807) is 18.7 Å². The molecule has 1 aliphatic heterocycles. The number of aromatic amines is 1. The number of thioether (sulfide) groups is 1. The van der Waals surface area contributed by atoms with Crippen molar-refractivity contribution < 1.29 is 23.4 Å². The fourth-order valence-corrected chi connectivity index (χ4v) is 9.57. The predicted molar refractivity (Wildman–Crippen MR) is 197 cm³/mol. The molecule has 4 aromatic rings. The number of hydroxylamine groups is 3. The van der Waals surface area contributed by atoms with Crippen molar-refractivity contribution in [2.45, 2.75) is 82.7 Å². The van der Waals surface area contributed by atoms with Crippen molar-refractivity contribution in [2.75, 3.05) is 12.3 Å². The van der Waals surface area contributed by atoms with Crippen LogP contribution in [0, 0.1) is 18.3 Å². The lowest BCUT2D eigenvalue weighted by Crippen LogP contribution is -2.57. The lowest BCUT2D eigenvalue weighted by atomic mass is 9.84. The van der Waals surface area contributed by atoms with E-state index in [1.807, 2.05) is 82.3 Å². The van der Waals surface area contributed by atoms with Crippen molar-refractivity contribution in [1.29, 1.82) is 5.26 Å². The van der Waals surface area contributed by atoms with Crippen molar-refractivity contribution in [3.8, 4) is 6.07 Å². The fraction of sp³-hybridized carbons (Fsp3) is 0.395. The van der Waals surface area contributed by atoms with Gasteiger partial charge >= 0.3 is 14.3 Å². The fourth-order valence-electron chi connectivity index (χ4n) is 6.74. The van der Waals surface area contributed by atoms with Gasteiger partial charge in [0.15, 0.2) is 0 Å². The Bertz CT molecular complexity index is 1740. The van der Waals surface area contributed by atoms with Crippen molar-refractivity contribution in [2.24, 2.45) is 0 Å². The van der Waals surface area contributed by atoms with Gasteiger partial charge in [-0.1, -0.05) is 91.0 Å². The summed E-state index contributed by atoms with van der Waals surface area (Å²) in [5.41, 5.74) is 2.60. The second kappa shape index (κ2) is 16.6. The van der Waals surface area contributed by atoms with Crippen LogP contribution in [-0.4, -0.2) is 55.7 Å². The Hall–Kier alpha value is -3.59. The number of ether oxygens (including phenoxy) is 1. The van der Waals surface area contributed by atoms with Crippen LogP contribution in [0.1, 0.15) is 69.0 Å². The van der Waals surface area contributed by atoms with Crippen molar-refractivity contribution in [3.05, 3.63) is 140 Å². The molecule has 1 aliphatic rings. The monoisotopic (exact) mass is 717 g/mol. The number of hydrogen-bond acceptors (Lipinski definition) is 8. The number of quaternary nitrogens is 1. The van der Waals surface area contributed by atoms with Gasteiger partial charge in [-0.05, 0) is 51.3 Å². The molecule has 10 nitrogen and oxygen atoms in total. The lowest BCUT2D eigenvalue weighted by molar-refractivity contribution is -1.11. The Morgan fingerprint density at radius 2 is 1.50 bits per heavy atom. The third-order valence-corrected chi connectivity index (χ3v) is 11.9. The maximum Gasteiger partial charge on any atom is 0.389 e. The zero-order valence-corrected chi connectivity index (χ0v) is 30.8. The molecule has 4 atom stereocenters. The molecule has 0 unspecified atom stereocenters. The minimum atomic E-state index is -2.44. The van der Waals surface area contributed by atoms with Crippen LogP contribution in [-0.2, 0) is 18.6 Å². The second-order valence-electron chi connectivity index (χ2n) is 13.1. The molecule has 2 heterocycles. The third kappa shape index (κ3) is 7.98. The van der Waals surface area contributed by atoms with E-state index in [1.165, 1.54) is 10.8 Å². The normalized spacial score (nSPS) is 18.7. The summed E-state index contributed by atoms with van der Waals surface area (Å²) in [6.45, 7) is 10.0. The first-order valence-electron chi connectivity index (χ1n) is 16.9. The Labute approximate surface area is 299 Å². The van der Waals surface area contributed by atoms with Gasteiger partial charge < -0.3 is 14.2 Å². The van der Waals surface area contributed by atoms with E-state index in [-0.39, 0.29) is 29.6 Å². The number of hydrogen-bond donors (Lipinski definition) is 2. The molecule has 5 rings (SSSR count). The number of aryl methyl sites for hydroxylation is 1. The average molecular weight is 718 g/mol. The summed E-state index contributed by atoms with van der Waals surface area (Å²) in [6, 6.07) is 33.0. The van der Waals surface area contributed by atoms with Gasteiger partial charge in [0.05, 0.1) is 29.4 Å². The largest absolute Gasteiger partial charge is 0.389 e. The van der Waals surface area contributed by atoms with Crippen LogP contribution in [0.5, 0.6) is 0 Å². The molecular weight excluding hydrogens is 671 g/mol. The van der Waals surface area contributed by atoms with Gasteiger partial charge in [0.2, 0.25) is 0 Å².